The molecule has 13 heavy (non-hydrogen) atoms. The van der Waals surface area contributed by atoms with Crippen molar-refractivity contribution in [2.24, 2.45) is 0 Å². The highest BCUT2D eigenvalue weighted by Gasteiger charge is 2.23. The van der Waals surface area contributed by atoms with Crippen molar-refractivity contribution >= 4 is 28.7 Å². The average molecular weight is 293 g/mol. The smallest absolute Gasteiger partial charge is 0.407 e. The molecule has 70 valence electrons. The van der Waals surface area contributed by atoms with E-state index < -0.39 is 6.09 Å². The van der Waals surface area contributed by atoms with E-state index in [1.54, 1.807) is 0 Å². The molecule has 6 heteroatoms. The molecule has 0 spiro atoms. The minimum Gasteiger partial charge on any atom is -0.465 e. The summed E-state index contributed by atoms with van der Waals surface area (Å²) in [5.74, 6) is 0. The predicted molar refractivity (Wildman–Crippen MR) is 53.4 cm³/mol. The van der Waals surface area contributed by atoms with Crippen molar-refractivity contribution in [1.82, 2.24) is 15.1 Å². The maximum Gasteiger partial charge on any atom is 0.407 e. The summed E-state index contributed by atoms with van der Waals surface area (Å²) in [6.45, 7) is 0.999. The van der Waals surface area contributed by atoms with Gasteiger partial charge in [0.05, 0.1) is 12.2 Å². The molecule has 0 aliphatic carbocycles. The molecule has 1 aliphatic heterocycles. The van der Waals surface area contributed by atoms with Crippen LogP contribution in [0.1, 0.15) is 11.3 Å². The van der Waals surface area contributed by atoms with Gasteiger partial charge in [-0.05, 0) is 29.0 Å². The first-order chi connectivity index (χ1) is 6.18. The van der Waals surface area contributed by atoms with Crippen LogP contribution >= 0.6 is 22.6 Å². The lowest BCUT2D eigenvalue weighted by atomic mass is 10.1. The molecule has 0 radical (unpaired) electrons. The van der Waals surface area contributed by atoms with Crippen molar-refractivity contribution in [1.29, 1.82) is 0 Å². The van der Waals surface area contributed by atoms with Crippen LogP contribution in [0.25, 0.3) is 0 Å². The summed E-state index contributed by atoms with van der Waals surface area (Å²) in [7, 11) is 0. The Morgan fingerprint density at radius 3 is 3.15 bits per heavy atom. The van der Waals surface area contributed by atoms with Gasteiger partial charge in [0.2, 0.25) is 0 Å². The van der Waals surface area contributed by atoms with Crippen LogP contribution in [0.5, 0.6) is 0 Å². The van der Waals surface area contributed by atoms with Crippen molar-refractivity contribution in [3.8, 4) is 0 Å². The number of carboxylic acid groups (broad SMARTS) is 1. The van der Waals surface area contributed by atoms with Gasteiger partial charge in [0.1, 0.15) is 3.70 Å². The quantitative estimate of drug-likeness (QED) is 0.702. The van der Waals surface area contributed by atoms with E-state index in [9.17, 15) is 4.79 Å². The van der Waals surface area contributed by atoms with Crippen LogP contribution in [0.4, 0.5) is 4.79 Å². The van der Waals surface area contributed by atoms with Crippen LogP contribution in [0.2, 0.25) is 0 Å². The van der Waals surface area contributed by atoms with E-state index in [-0.39, 0.29) is 0 Å². The second kappa shape index (κ2) is 3.17. The minimum atomic E-state index is -0.866. The van der Waals surface area contributed by atoms with Gasteiger partial charge in [-0.1, -0.05) is 0 Å². The monoisotopic (exact) mass is 293 g/mol. The Labute approximate surface area is 88.3 Å². The number of H-pyrrole nitrogens is 1. The summed E-state index contributed by atoms with van der Waals surface area (Å²) in [6.07, 6.45) is -0.105. The van der Waals surface area contributed by atoms with E-state index in [1.165, 1.54) is 4.90 Å². The van der Waals surface area contributed by atoms with Crippen LogP contribution < -0.4 is 0 Å². The third-order valence-corrected chi connectivity index (χ3v) is 3.05. The highest BCUT2D eigenvalue weighted by atomic mass is 127. The molecular formula is C7H8IN3O2. The van der Waals surface area contributed by atoms with Crippen molar-refractivity contribution in [2.75, 3.05) is 6.54 Å². The van der Waals surface area contributed by atoms with E-state index in [4.69, 9.17) is 5.11 Å². The molecule has 5 nitrogen and oxygen atoms in total. The van der Waals surface area contributed by atoms with Crippen molar-refractivity contribution < 1.29 is 9.90 Å². The Hall–Kier alpha value is -0.790. The number of nitrogens with zero attached hydrogens (tertiary/aromatic N) is 2. The lowest BCUT2D eigenvalue weighted by Gasteiger charge is -2.23. The van der Waals surface area contributed by atoms with Gasteiger partial charge >= 0.3 is 6.09 Å². The van der Waals surface area contributed by atoms with E-state index in [0.29, 0.717) is 13.1 Å². The summed E-state index contributed by atoms with van der Waals surface area (Å²) in [4.78, 5) is 12.0. The number of aromatic amines is 1. The number of hydrogen-bond acceptors (Lipinski definition) is 2. The Kier molecular flexibility index (Phi) is 2.14. The molecule has 0 fully saturated rings. The van der Waals surface area contributed by atoms with Crippen LogP contribution in [0.15, 0.2) is 0 Å². The van der Waals surface area contributed by atoms with Crippen LogP contribution in [0, 0.1) is 3.70 Å². The lowest BCUT2D eigenvalue weighted by molar-refractivity contribution is 0.139. The zero-order valence-corrected chi connectivity index (χ0v) is 8.91. The number of halogens is 1. The fourth-order valence-electron chi connectivity index (χ4n) is 1.44. The van der Waals surface area contributed by atoms with Gasteiger partial charge in [-0.25, -0.2) is 4.79 Å². The zero-order valence-electron chi connectivity index (χ0n) is 6.75. The van der Waals surface area contributed by atoms with Gasteiger partial charge in [0.25, 0.3) is 0 Å². The second-order valence-corrected chi connectivity index (χ2v) is 3.95. The van der Waals surface area contributed by atoms with Gasteiger partial charge in [0, 0.05) is 12.1 Å². The molecule has 0 saturated heterocycles. The summed E-state index contributed by atoms with van der Waals surface area (Å²) in [5.41, 5.74) is 2.09. The van der Waals surface area contributed by atoms with Crippen LogP contribution in [0.3, 0.4) is 0 Å². The molecule has 0 aromatic carbocycles. The standard InChI is InChI=1S/C7H8IN3O2/c8-6-4-1-2-11(7(12)13)3-5(4)9-10-6/h1-3H2,(H,9,10)(H,12,13). The Balaban J connectivity index is 2.25. The van der Waals surface area contributed by atoms with Gasteiger partial charge in [-0.2, -0.15) is 5.10 Å². The lowest BCUT2D eigenvalue weighted by Crippen LogP contribution is -2.34. The van der Waals surface area contributed by atoms with E-state index >= 15 is 0 Å². The fourth-order valence-corrected chi connectivity index (χ4v) is 2.16. The zero-order chi connectivity index (χ0) is 9.42. The van der Waals surface area contributed by atoms with Gasteiger partial charge in [-0.15, -0.1) is 0 Å². The van der Waals surface area contributed by atoms with E-state index in [0.717, 1.165) is 21.4 Å². The molecule has 0 atom stereocenters. The number of nitrogens with one attached hydrogen (secondary N) is 1. The van der Waals surface area contributed by atoms with Crippen LogP contribution in [-0.2, 0) is 13.0 Å². The number of amides is 1. The predicted octanol–water partition coefficient (Wildman–Crippen LogP) is 1.05. The first-order valence-corrected chi connectivity index (χ1v) is 4.96. The molecule has 1 aromatic rings. The number of hydrogen-bond donors (Lipinski definition) is 2. The number of rotatable bonds is 0. The first-order valence-electron chi connectivity index (χ1n) is 3.88. The summed E-state index contributed by atoms with van der Waals surface area (Å²) < 4.78 is 0.956. The normalized spacial score (nSPS) is 15.6. The minimum absolute atomic E-state index is 0.431. The molecular weight excluding hydrogens is 285 g/mol. The largest absolute Gasteiger partial charge is 0.465 e. The highest BCUT2D eigenvalue weighted by molar-refractivity contribution is 14.1. The Bertz CT molecular complexity index is 350. The molecule has 1 amide bonds. The maximum atomic E-state index is 10.7. The summed E-state index contributed by atoms with van der Waals surface area (Å²) >= 11 is 2.15. The first kappa shape index (κ1) is 8.79. The van der Waals surface area contributed by atoms with E-state index in [2.05, 4.69) is 32.8 Å². The van der Waals surface area contributed by atoms with Gasteiger partial charge in [-0.3, -0.25) is 5.10 Å². The summed E-state index contributed by atoms with van der Waals surface area (Å²) in [6, 6.07) is 0. The van der Waals surface area contributed by atoms with Crippen LogP contribution in [-0.4, -0.2) is 32.8 Å². The van der Waals surface area contributed by atoms with Crippen molar-refractivity contribution in [3.05, 3.63) is 15.0 Å². The van der Waals surface area contributed by atoms with Crippen molar-refractivity contribution in [3.63, 3.8) is 0 Å². The molecule has 2 rings (SSSR count). The molecule has 0 bridgehead atoms. The topological polar surface area (TPSA) is 69.2 Å². The van der Waals surface area contributed by atoms with Crippen molar-refractivity contribution in [2.45, 2.75) is 13.0 Å². The third kappa shape index (κ3) is 1.50. The molecule has 2 heterocycles. The SMILES string of the molecule is O=C(O)N1CCc2c(I)n[nH]c2C1. The molecule has 1 aromatic heterocycles. The second-order valence-electron chi connectivity index (χ2n) is 2.93. The Morgan fingerprint density at radius 2 is 2.46 bits per heavy atom. The Morgan fingerprint density at radius 1 is 1.69 bits per heavy atom. The third-order valence-electron chi connectivity index (χ3n) is 2.15. The molecule has 0 unspecified atom stereocenters. The fraction of sp³-hybridized carbons (Fsp3) is 0.429. The summed E-state index contributed by atoms with van der Waals surface area (Å²) in [5, 5.41) is 15.6. The number of carbonyl (C=O) groups is 1. The molecule has 2 N–H and O–H groups in total. The van der Waals surface area contributed by atoms with E-state index in [1.807, 2.05) is 0 Å². The number of aromatic nitrogens is 2. The number of fused-ring (bicyclic) bond motifs is 1. The molecule has 0 saturated carbocycles. The maximum absolute atomic E-state index is 10.7. The van der Waals surface area contributed by atoms with Gasteiger partial charge < -0.3 is 10.0 Å². The van der Waals surface area contributed by atoms with Gasteiger partial charge in [0.15, 0.2) is 0 Å². The highest BCUT2D eigenvalue weighted by Crippen LogP contribution is 2.20. The average Bonchev–Trinajstić information content (AvgIpc) is 2.47. The molecule has 1 aliphatic rings.